The Morgan fingerprint density at radius 3 is 2.47 bits per heavy atom. The molecular weight excluding hydrogens is 467 g/mol. The van der Waals surface area contributed by atoms with Crippen LogP contribution >= 0.6 is 11.6 Å². The maximum Gasteiger partial charge on any atom is 0.416 e. The number of benzene rings is 2. The Kier molecular flexibility index (Phi) is 8.36. The summed E-state index contributed by atoms with van der Waals surface area (Å²) in [4.78, 5) is 25.4. The van der Waals surface area contributed by atoms with E-state index < -0.39 is 17.6 Å². The lowest BCUT2D eigenvalue weighted by Crippen LogP contribution is -2.39. The zero-order chi connectivity index (χ0) is 24.9. The number of alkyl halides is 3. The van der Waals surface area contributed by atoms with Gasteiger partial charge in [0.25, 0.3) is 0 Å². The molecule has 1 aliphatic rings. The van der Waals surface area contributed by atoms with E-state index in [-0.39, 0.29) is 24.9 Å². The third kappa shape index (κ3) is 7.58. The molecule has 182 valence electrons. The Bertz CT molecular complexity index is 1050. The van der Waals surface area contributed by atoms with Crippen molar-refractivity contribution in [3.05, 3.63) is 70.2 Å². The van der Waals surface area contributed by atoms with Gasteiger partial charge in [-0.3, -0.25) is 9.59 Å². The van der Waals surface area contributed by atoms with Gasteiger partial charge in [0, 0.05) is 18.0 Å². The monoisotopic (exact) mass is 493 g/mol. The molecule has 1 aliphatic carbocycles. The molecule has 1 unspecified atom stereocenters. The first kappa shape index (κ1) is 25.7. The molecule has 1 saturated carbocycles. The molecule has 5 nitrogen and oxygen atoms in total. The minimum Gasteiger partial charge on any atom is -0.354 e. The van der Waals surface area contributed by atoms with Crippen LogP contribution in [0.3, 0.4) is 0 Å². The molecular formula is C25H27ClF3N3O2. The summed E-state index contributed by atoms with van der Waals surface area (Å²) in [5.41, 5.74) is 1.07. The molecule has 9 heteroatoms. The van der Waals surface area contributed by atoms with Gasteiger partial charge in [0.15, 0.2) is 0 Å². The van der Waals surface area contributed by atoms with Crippen molar-refractivity contribution in [3.8, 4) is 0 Å². The lowest BCUT2D eigenvalue weighted by Gasteiger charge is -2.20. The minimum atomic E-state index is -4.43. The molecule has 2 aromatic carbocycles. The van der Waals surface area contributed by atoms with Gasteiger partial charge in [-0.15, -0.1) is 0 Å². The molecule has 0 radical (unpaired) electrons. The van der Waals surface area contributed by atoms with E-state index in [0.717, 1.165) is 30.5 Å². The fourth-order valence-corrected chi connectivity index (χ4v) is 3.51. The van der Waals surface area contributed by atoms with Gasteiger partial charge in [0.05, 0.1) is 11.3 Å². The first-order valence-electron chi connectivity index (χ1n) is 11.1. The van der Waals surface area contributed by atoms with E-state index in [1.54, 1.807) is 44.2 Å². The molecule has 0 bridgehead atoms. The molecule has 0 aliphatic heterocycles. The van der Waals surface area contributed by atoms with Crippen molar-refractivity contribution in [2.24, 2.45) is 11.0 Å². The van der Waals surface area contributed by atoms with Crippen molar-refractivity contribution in [2.45, 2.75) is 45.2 Å². The molecule has 1 N–H and O–H groups in total. The maximum absolute atomic E-state index is 13.0. The van der Waals surface area contributed by atoms with Crippen LogP contribution in [0.25, 0.3) is 0 Å². The summed E-state index contributed by atoms with van der Waals surface area (Å²) >= 11 is 5.93. The summed E-state index contributed by atoms with van der Waals surface area (Å²) in [6, 6.07) is 12.0. The summed E-state index contributed by atoms with van der Waals surface area (Å²) < 4.78 is 38.9. The van der Waals surface area contributed by atoms with Crippen LogP contribution in [0.15, 0.2) is 53.6 Å². The van der Waals surface area contributed by atoms with Crippen LogP contribution in [-0.4, -0.2) is 35.6 Å². The molecule has 0 aromatic heterocycles. The molecule has 2 aromatic rings. The average Bonchev–Trinajstić information content (AvgIpc) is 3.61. The Hall–Kier alpha value is -2.87. The van der Waals surface area contributed by atoms with E-state index in [0.29, 0.717) is 28.6 Å². The molecule has 3 rings (SSSR count). The lowest BCUT2D eigenvalue weighted by atomic mass is 9.99. The van der Waals surface area contributed by atoms with Crippen LogP contribution in [0.4, 0.5) is 13.2 Å². The number of rotatable bonds is 9. The number of nitrogens with one attached hydrogen (secondary N) is 1. The summed E-state index contributed by atoms with van der Waals surface area (Å²) in [7, 11) is 0. The number of hydrogen-bond acceptors (Lipinski definition) is 3. The second kappa shape index (κ2) is 11.0. The molecule has 2 amide bonds. The Labute approximate surface area is 202 Å². The number of carbonyl (C=O) groups is 2. The first-order chi connectivity index (χ1) is 16.0. The second-order valence-electron chi connectivity index (χ2n) is 8.62. The topological polar surface area (TPSA) is 61.8 Å². The zero-order valence-corrected chi connectivity index (χ0v) is 19.8. The van der Waals surface area contributed by atoms with E-state index in [4.69, 9.17) is 11.6 Å². The SMILES string of the molecule is C/C(=N\N(CC(=O)NCC(C)c1cccc(C(F)(F)F)c1)C(=O)CC1CC1)c1ccc(Cl)cc1. The molecule has 1 atom stereocenters. The smallest absolute Gasteiger partial charge is 0.354 e. The van der Waals surface area contributed by atoms with Crippen molar-refractivity contribution >= 4 is 29.1 Å². The largest absolute Gasteiger partial charge is 0.416 e. The lowest BCUT2D eigenvalue weighted by molar-refractivity contribution is -0.137. The zero-order valence-electron chi connectivity index (χ0n) is 19.0. The minimum absolute atomic E-state index is 0.130. The van der Waals surface area contributed by atoms with E-state index in [1.807, 2.05) is 0 Å². The molecule has 0 saturated heterocycles. The number of carbonyl (C=O) groups excluding carboxylic acids is 2. The van der Waals surface area contributed by atoms with Gasteiger partial charge in [-0.25, -0.2) is 5.01 Å². The fraction of sp³-hybridized carbons (Fsp3) is 0.400. The van der Waals surface area contributed by atoms with Crippen LogP contribution in [0.2, 0.25) is 5.02 Å². The van der Waals surface area contributed by atoms with Crippen LogP contribution in [0.1, 0.15) is 55.7 Å². The number of nitrogens with zero attached hydrogens (tertiary/aromatic N) is 2. The average molecular weight is 494 g/mol. The van der Waals surface area contributed by atoms with Crippen LogP contribution in [0.5, 0.6) is 0 Å². The predicted molar refractivity (Wildman–Crippen MR) is 126 cm³/mol. The van der Waals surface area contributed by atoms with Gasteiger partial charge in [0.1, 0.15) is 6.54 Å². The second-order valence-corrected chi connectivity index (χ2v) is 9.06. The number of halogens is 4. The van der Waals surface area contributed by atoms with Crippen LogP contribution in [-0.2, 0) is 15.8 Å². The maximum atomic E-state index is 13.0. The Balaban J connectivity index is 1.65. The van der Waals surface area contributed by atoms with Crippen molar-refractivity contribution in [3.63, 3.8) is 0 Å². The van der Waals surface area contributed by atoms with Crippen molar-refractivity contribution in [1.82, 2.24) is 10.3 Å². The quantitative estimate of drug-likeness (QED) is 0.363. The summed E-state index contributed by atoms with van der Waals surface area (Å²) in [6.07, 6.45) is -2.13. The first-order valence-corrected chi connectivity index (χ1v) is 11.5. The fourth-order valence-electron chi connectivity index (χ4n) is 3.38. The normalized spacial score (nSPS) is 15.1. The third-order valence-electron chi connectivity index (χ3n) is 5.66. The summed E-state index contributed by atoms with van der Waals surface area (Å²) in [5, 5.41) is 8.86. The predicted octanol–water partition coefficient (Wildman–Crippen LogP) is 5.63. The van der Waals surface area contributed by atoms with Gasteiger partial charge in [-0.05, 0) is 60.9 Å². The number of amides is 2. The molecule has 0 spiro atoms. The van der Waals surface area contributed by atoms with Gasteiger partial charge < -0.3 is 5.32 Å². The van der Waals surface area contributed by atoms with Gasteiger partial charge in [-0.2, -0.15) is 18.3 Å². The van der Waals surface area contributed by atoms with Crippen LogP contribution < -0.4 is 5.32 Å². The van der Waals surface area contributed by atoms with Crippen molar-refractivity contribution < 1.29 is 22.8 Å². The van der Waals surface area contributed by atoms with E-state index >= 15 is 0 Å². The standard InChI is InChI=1S/C25H27ClF3N3O2/c1-16(20-4-3-5-21(13-20)25(27,28)29)14-30-23(33)15-32(24(34)12-18-6-7-18)31-17(2)19-8-10-22(26)11-9-19/h3-5,8-11,13,16,18H,6-7,12,14-15H2,1-2H3,(H,30,33)/b31-17+. The van der Waals surface area contributed by atoms with E-state index in [1.165, 1.54) is 11.1 Å². The highest BCUT2D eigenvalue weighted by Gasteiger charge is 2.31. The number of hydrazone groups is 1. The Morgan fingerprint density at radius 2 is 1.85 bits per heavy atom. The summed E-state index contributed by atoms with van der Waals surface area (Å²) in [6.45, 7) is 3.33. The molecule has 34 heavy (non-hydrogen) atoms. The molecule has 0 heterocycles. The highest BCUT2D eigenvalue weighted by molar-refractivity contribution is 6.30. The Morgan fingerprint density at radius 1 is 1.18 bits per heavy atom. The number of hydrogen-bond donors (Lipinski definition) is 1. The van der Waals surface area contributed by atoms with E-state index in [9.17, 15) is 22.8 Å². The van der Waals surface area contributed by atoms with Crippen LogP contribution in [0, 0.1) is 5.92 Å². The molecule has 1 fully saturated rings. The van der Waals surface area contributed by atoms with E-state index in [2.05, 4.69) is 10.4 Å². The highest BCUT2D eigenvalue weighted by atomic mass is 35.5. The van der Waals surface area contributed by atoms with Crippen molar-refractivity contribution in [1.29, 1.82) is 0 Å². The highest BCUT2D eigenvalue weighted by Crippen LogP contribution is 2.33. The summed E-state index contributed by atoms with van der Waals surface area (Å²) in [5.74, 6) is -0.696. The van der Waals surface area contributed by atoms with Gasteiger partial charge in [0.2, 0.25) is 11.8 Å². The van der Waals surface area contributed by atoms with Gasteiger partial charge in [-0.1, -0.05) is 48.9 Å². The van der Waals surface area contributed by atoms with Crippen molar-refractivity contribution in [2.75, 3.05) is 13.1 Å². The third-order valence-corrected chi connectivity index (χ3v) is 5.91. The van der Waals surface area contributed by atoms with Gasteiger partial charge >= 0.3 is 6.18 Å².